The number of aliphatic hydroxyl groups is 1. The van der Waals surface area contributed by atoms with Crippen molar-refractivity contribution in [1.29, 1.82) is 0 Å². The van der Waals surface area contributed by atoms with Crippen LogP contribution in [0.3, 0.4) is 0 Å². The Morgan fingerprint density at radius 2 is 2.00 bits per heavy atom. The number of hydrogen-bond acceptors (Lipinski definition) is 6. The normalized spacial score (nSPS) is 20.7. The van der Waals surface area contributed by atoms with E-state index in [9.17, 15) is 18.3 Å². The van der Waals surface area contributed by atoms with Crippen molar-refractivity contribution >= 4 is 21.6 Å². The molecular formula is C18H28N2O5S. The molecule has 0 aliphatic heterocycles. The molecule has 2 saturated carbocycles. The van der Waals surface area contributed by atoms with E-state index in [0.717, 1.165) is 44.9 Å². The molecule has 2 N–H and O–H groups in total. The van der Waals surface area contributed by atoms with Gasteiger partial charge in [0, 0.05) is 11.5 Å². The van der Waals surface area contributed by atoms with Gasteiger partial charge in [0.1, 0.15) is 4.75 Å². The van der Waals surface area contributed by atoms with Crippen LogP contribution in [0.25, 0.3) is 0 Å². The Bertz CT molecular complexity index is 758. The van der Waals surface area contributed by atoms with E-state index in [2.05, 4.69) is 10.5 Å². The molecule has 0 spiro atoms. The van der Waals surface area contributed by atoms with E-state index >= 15 is 0 Å². The van der Waals surface area contributed by atoms with Gasteiger partial charge in [-0.25, -0.2) is 8.42 Å². The number of sulfone groups is 1. The Kier molecular flexibility index (Phi) is 5.18. The fraction of sp³-hybridized carbons (Fsp3) is 0.778. The van der Waals surface area contributed by atoms with Gasteiger partial charge in [-0.1, -0.05) is 24.4 Å². The molecule has 0 bridgehead atoms. The fourth-order valence-electron chi connectivity index (χ4n) is 3.71. The van der Waals surface area contributed by atoms with E-state index in [4.69, 9.17) is 4.52 Å². The number of anilines is 1. The van der Waals surface area contributed by atoms with Crippen molar-refractivity contribution in [2.75, 3.05) is 17.7 Å². The first-order valence-electron chi connectivity index (χ1n) is 9.32. The van der Waals surface area contributed by atoms with Gasteiger partial charge in [0.25, 0.3) is 0 Å². The maximum Gasteiger partial charge on any atom is 0.247 e. The molecule has 1 aromatic heterocycles. The monoisotopic (exact) mass is 384 g/mol. The second kappa shape index (κ2) is 6.96. The first-order valence-corrected chi connectivity index (χ1v) is 11.0. The molecule has 0 saturated heterocycles. The molecule has 1 aromatic rings. The lowest BCUT2D eigenvalue weighted by Gasteiger charge is -2.30. The molecule has 2 aliphatic carbocycles. The summed E-state index contributed by atoms with van der Waals surface area (Å²) in [5.74, 6) is -0.292. The van der Waals surface area contributed by atoms with Gasteiger partial charge in [-0.3, -0.25) is 10.1 Å². The van der Waals surface area contributed by atoms with Crippen LogP contribution in [-0.4, -0.2) is 41.7 Å². The summed E-state index contributed by atoms with van der Waals surface area (Å²) in [6.07, 6.45) is 6.55. The third-order valence-corrected chi connectivity index (χ3v) is 8.81. The Balaban J connectivity index is 1.71. The average molecular weight is 384 g/mol. The van der Waals surface area contributed by atoms with Gasteiger partial charge in [-0.15, -0.1) is 0 Å². The SMILES string of the molecule is CC(C)(C(=O)Nc1cc(C2(CO)CCCC2)no1)S(=O)(=O)CC1CCC1. The van der Waals surface area contributed by atoms with E-state index in [-0.39, 0.29) is 24.2 Å². The molecule has 0 aromatic carbocycles. The zero-order chi connectivity index (χ0) is 19.0. The van der Waals surface area contributed by atoms with E-state index < -0.39 is 25.9 Å². The number of hydrogen-bond donors (Lipinski definition) is 2. The van der Waals surface area contributed by atoms with Crippen LogP contribution in [0.4, 0.5) is 5.88 Å². The molecule has 2 aliphatic rings. The molecule has 0 radical (unpaired) electrons. The number of aliphatic hydroxyl groups excluding tert-OH is 1. The molecule has 1 amide bonds. The van der Waals surface area contributed by atoms with E-state index in [1.807, 2.05) is 0 Å². The fourth-order valence-corrected chi connectivity index (χ4v) is 5.42. The van der Waals surface area contributed by atoms with Gasteiger partial charge in [0.15, 0.2) is 9.84 Å². The topological polar surface area (TPSA) is 110 Å². The Hall–Kier alpha value is -1.41. The summed E-state index contributed by atoms with van der Waals surface area (Å²) in [7, 11) is -3.58. The van der Waals surface area contributed by atoms with Crippen molar-refractivity contribution in [2.24, 2.45) is 5.92 Å². The van der Waals surface area contributed by atoms with Crippen LogP contribution in [0, 0.1) is 5.92 Å². The summed E-state index contributed by atoms with van der Waals surface area (Å²) in [5, 5.41) is 16.3. The van der Waals surface area contributed by atoms with Crippen molar-refractivity contribution < 1.29 is 22.8 Å². The molecule has 7 nitrogen and oxygen atoms in total. The summed E-state index contributed by atoms with van der Waals surface area (Å²) >= 11 is 0. The van der Waals surface area contributed by atoms with Gasteiger partial charge in [-0.05, 0) is 45.4 Å². The Morgan fingerprint density at radius 1 is 1.35 bits per heavy atom. The molecule has 3 rings (SSSR count). The summed E-state index contributed by atoms with van der Waals surface area (Å²) in [5.41, 5.74) is 0.195. The van der Waals surface area contributed by atoms with Crippen LogP contribution in [0.15, 0.2) is 10.6 Å². The van der Waals surface area contributed by atoms with Crippen LogP contribution >= 0.6 is 0 Å². The van der Waals surface area contributed by atoms with Gasteiger partial charge in [0.05, 0.1) is 18.1 Å². The van der Waals surface area contributed by atoms with Gasteiger partial charge >= 0.3 is 0 Å². The largest absolute Gasteiger partial charge is 0.395 e. The Morgan fingerprint density at radius 3 is 2.54 bits per heavy atom. The molecule has 0 unspecified atom stereocenters. The second-order valence-corrected chi connectivity index (χ2v) is 10.8. The Labute approximate surface area is 154 Å². The minimum atomic E-state index is -3.58. The molecular weight excluding hydrogens is 356 g/mol. The van der Waals surface area contributed by atoms with Crippen LogP contribution < -0.4 is 5.32 Å². The summed E-state index contributed by atoms with van der Waals surface area (Å²) in [6, 6.07) is 1.61. The predicted molar refractivity (Wildman–Crippen MR) is 97.6 cm³/mol. The quantitative estimate of drug-likeness (QED) is 0.747. The number of carbonyl (C=O) groups is 1. The second-order valence-electron chi connectivity index (χ2n) is 8.26. The lowest BCUT2D eigenvalue weighted by molar-refractivity contribution is -0.118. The summed E-state index contributed by atoms with van der Waals surface area (Å²) in [4.78, 5) is 12.6. The maximum atomic E-state index is 12.7. The van der Waals surface area contributed by atoms with Crippen LogP contribution in [-0.2, 0) is 20.0 Å². The van der Waals surface area contributed by atoms with Crippen molar-refractivity contribution in [3.05, 3.63) is 11.8 Å². The first kappa shape index (κ1) is 19.4. The standard InChI is InChI=1S/C18H28N2O5S/c1-17(2,26(23,24)11-13-6-5-7-13)16(22)19-15-10-14(20-25-15)18(12-21)8-3-4-9-18/h10,13,21H,3-9,11-12H2,1-2H3,(H,19,22). The highest BCUT2D eigenvalue weighted by molar-refractivity contribution is 7.93. The molecule has 1 heterocycles. The van der Waals surface area contributed by atoms with Gasteiger partial charge < -0.3 is 9.63 Å². The zero-order valence-electron chi connectivity index (χ0n) is 15.5. The smallest absolute Gasteiger partial charge is 0.247 e. The van der Waals surface area contributed by atoms with Crippen LogP contribution in [0.1, 0.15) is 64.5 Å². The molecule has 0 atom stereocenters. The van der Waals surface area contributed by atoms with Crippen molar-refractivity contribution in [3.8, 4) is 0 Å². The van der Waals surface area contributed by atoms with E-state index in [0.29, 0.717) is 5.69 Å². The zero-order valence-corrected chi connectivity index (χ0v) is 16.3. The number of rotatable bonds is 7. The third-order valence-electron chi connectivity index (χ3n) is 6.16. The highest BCUT2D eigenvalue weighted by Gasteiger charge is 2.44. The number of amides is 1. The van der Waals surface area contributed by atoms with Crippen molar-refractivity contribution in [1.82, 2.24) is 5.16 Å². The molecule has 26 heavy (non-hydrogen) atoms. The molecule has 146 valence electrons. The number of carbonyl (C=O) groups excluding carboxylic acids is 1. The highest BCUT2D eigenvalue weighted by Crippen LogP contribution is 2.41. The minimum absolute atomic E-state index is 0.0197. The van der Waals surface area contributed by atoms with Crippen molar-refractivity contribution in [3.63, 3.8) is 0 Å². The average Bonchev–Trinajstić information content (AvgIpc) is 3.20. The van der Waals surface area contributed by atoms with Crippen molar-refractivity contribution in [2.45, 2.75) is 69.0 Å². The molecule has 8 heteroatoms. The van der Waals surface area contributed by atoms with Crippen LogP contribution in [0.5, 0.6) is 0 Å². The minimum Gasteiger partial charge on any atom is -0.395 e. The first-order chi connectivity index (χ1) is 12.2. The number of nitrogens with zero attached hydrogens (tertiary/aromatic N) is 1. The van der Waals surface area contributed by atoms with Gasteiger partial charge in [0.2, 0.25) is 11.8 Å². The lowest BCUT2D eigenvalue weighted by Crippen LogP contribution is -2.47. The third kappa shape index (κ3) is 3.41. The predicted octanol–water partition coefficient (Wildman–Crippen LogP) is 2.41. The summed E-state index contributed by atoms with van der Waals surface area (Å²) < 4.78 is 29.0. The molecule has 2 fully saturated rings. The number of aromatic nitrogens is 1. The van der Waals surface area contributed by atoms with Crippen LogP contribution in [0.2, 0.25) is 0 Å². The maximum absolute atomic E-state index is 12.7. The van der Waals surface area contributed by atoms with E-state index in [1.165, 1.54) is 13.8 Å². The summed E-state index contributed by atoms with van der Waals surface area (Å²) in [6.45, 7) is 2.84. The lowest BCUT2D eigenvalue weighted by atomic mass is 9.84. The highest BCUT2D eigenvalue weighted by atomic mass is 32.2. The number of nitrogens with one attached hydrogen (secondary N) is 1. The van der Waals surface area contributed by atoms with E-state index in [1.54, 1.807) is 6.07 Å². The van der Waals surface area contributed by atoms with Gasteiger partial charge in [-0.2, -0.15) is 0 Å².